The minimum Gasteiger partial charge on any atom is -0.478 e. The van der Waals surface area contributed by atoms with E-state index in [-0.39, 0.29) is 29.4 Å². The van der Waals surface area contributed by atoms with E-state index >= 15 is 0 Å². The summed E-state index contributed by atoms with van der Waals surface area (Å²) in [5, 5.41) is 32.8. The number of carboxylic acids is 1. The lowest BCUT2D eigenvalue weighted by Crippen LogP contribution is -2.72. The maximum atomic E-state index is 12.6. The molecular formula is C30H46N2O6. The molecule has 0 amide bonds. The zero-order valence-electron chi connectivity index (χ0n) is 23.6. The summed E-state index contributed by atoms with van der Waals surface area (Å²) in [4.78, 5) is 24.8. The average Bonchev–Trinajstić information content (AvgIpc) is 3.06. The number of carbonyl (C=O) groups is 2. The van der Waals surface area contributed by atoms with E-state index in [0.29, 0.717) is 24.8 Å². The van der Waals surface area contributed by atoms with E-state index in [0.717, 1.165) is 18.4 Å². The Labute approximate surface area is 226 Å². The van der Waals surface area contributed by atoms with Gasteiger partial charge in [0.05, 0.1) is 17.8 Å². The first-order chi connectivity index (χ1) is 17.6. The summed E-state index contributed by atoms with van der Waals surface area (Å²) >= 11 is 0. The minimum absolute atomic E-state index is 0.0311. The summed E-state index contributed by atoms with van der Waals surface area (Å²) in [6, 6.07) is -0.738. The monoisotopic (exact) mass is 530 g/mol. The van der Waals surface area contributed by atoms with Crippen molar-refractivity contribution in [2.45, 2.75) is 104 Å². The highest BCUT2D eigenvalue weighted by Crippen LogP contribution is 2.73. The fourth-order valence-corrected chi connectivity index (χ4v) is 9.27. The van der Waals surface area contributed by atoms with Gasteiger partial charge >= 0.3 is 11.9 Å². The second-order valence-corrected chi connectivity index (χ2v) is 13.2. The van der Waals surface area contributed by atoms with Gasteiger partial charge in [0.15, 0.2) is 0 Å². The Kier molecular flexibility index (Phi) is 7.54. The van der Waals surface area contributed by atoms with E-state index in [1.165, 1.54) is 6.92 Å². The Morgan fingerprint density at radius 1 is 1.03 bits per heavy atom. The van der Waals surface area contributed by atoms with Crippen LogP contribution in [0.3, 0.4) is 0 Å². The van der Waals surface area contributed by atoms with Crippen molar-refractivity contribution in [1.82, 2.24) is 0 Å². The van der Waals surface area contributed by atoms with Gasteiger partial charge in [-0.1, -0.05) is 38.5 Å². The first kappa shape index (κ1) is 29.0. The number of aliphatic hydroxyl groups is 2. The first-order valence-electron chi connectivity index (χ1n) is 13.9. The number of hydrogen-bond donors (Lipinski definition) is 5. The Balaban J connectivity index is 1.88. The Bertz CT molecular complexity index is 1080. The second kappa shape index (κ2) is 9.88. The van der Waals surface area contributed by atoms with Gasteiger partial charge in [-0.05, 0) is 91.6 Å². The number of fused-ring (bicyclic) bond motifs is 5. The van der Waals surface area contributed by atoms with Gasteiger partial charge in [-0.15, -0.1) is 0 Å². The minimum atomic E-state index is -1.08. The maximum absolute atomic E-state index is 12.6. The average molecular weight is 531 g/mol. The second-order valence-electron chi connectivity index (χ2n) is 13.2. The topological polar surface area (TPSA) is 156 Å². The predicted octanol–water partition coefficient (Wildman–Crippen LogP) is 3.07. The number of allylic oxidation sites excluding steroid dienone is 3. The third-order valence-electron chi connectivity index (χ3n) is 11.1. The van der Waals surface area contributed by atoms with Gasteiger partial charge in [0.1, 0.15) is 6.10 Å². The van der Waals surface area contributed by atoms with Crippen LogP contribution in [0.4, 0.5) is 0 Å². The van der Waals surface area contributed by atoms with Crippen molar-refractivity contribution in [3.63, 3.8) is 0 Å². The van der Waals surface area contributed by atoms with Crippen LogP contribution in [0.15, 0.2) is 34.9 Å². The van der Waals surface area contributed by atoms with E-state index in [2.05, 4.69) is 20.8 Å². The standard InChI is InChI=1S/C30H46N2O6/c1-15(2)8-7-9-17(27(36)37)24-19-12-21(35)26-28(4,29(19,5)14-22(24)38-16(3)33)11-10-18-25(32)20(34)13-23(31)30(18,26)6/h7-9,18-23,25-26,34-35H,10-14,31-32H2,1-6H3,(H,36,37)/b9-7+,24-17-/t18-,19-,20+,21+,22-,23+,25-,26+,28-,29-,30+/m0/s1. The van der Waals surface area contributed by atoms with E-state index < -0.39 is 52.5 Å². The highest BCUT2D eigenvalue weighted by molar-refractivity contribution is 5.91. The summed E-state index contributed by atoms with van der Waals surface area (Å²) in [6.07, 6.45) is 5.76. The highest BCUT2D eigenvalue weighted by Gasteiger charge is 2.72. The van der Waals surface area contributed by atoms with Crippen LogP contribution in [0.1, 0.15) is 73.6 Å². The molecule has 0 aromatic heterocycles. The zero-order chi connectivity index (χ0) is 28.4. The summed E-state index contributed by atoms with van der Waals surface area (Å²) in [7, 11) is 0. The quantitative estimate of drug-likeness (QED) is 0.211. The number of carboxylic acid groups (broad SMARTS) is 1. The molecule has 7 N–H and O–H groups in total. The maximum Gasteiger partial charge on any atom is 0.335 e. The fourth-order valence-electron chi connectivity index (χ4n) is 9.27. The van der Waals surface area contributed by atoms with Gasteiger partial charge in [0, 0.05) is 19.0 Å². The van der Waals surface area contributed by atoms with Crippen molar-refractivity contribution in [3.05, 3.63) is 34.9 Å². The lowest BCUT2D eigenvalue weighted by Gasteiger charge is -2.70. The van der Waals surface area contributed by atoms with Gasteiger partial charge < -0.3 is 31.5 Å². The number of rotatable bonds is 4. The SMILES string of the molecule is CC(=O)O[C@H]1C[C@@]2(C)[C@@H](C[C@@H](O)[C@H]3[C@@]4(C)[C@H](N)C[C@@H](O)[C@@H](N)[C@@H]4CC[C@@]32C)/C1=C(\C=C\C=C(C)C)C(=O)O. The normalized spacial score (nSPS) is 47.5. The zero-order valence-corrected chi connectivity index (χ0v) is 23.6. The number of aliphatic hydroxyl groups excluding tert-OH is 2. The molecule has 0 spiro atoms. The van der Waals surface area contributed by atoms with Crippen LogP contribution in [0, 0.1) is 34.0 Å². The molecule has 0 bridgehead atoms. The summed E-state index contributed by atoms with van der Waals surface area (Å²) < 4.78 is 5.81. The van der Waals surface area contributed by atoms with Gasteiger partial charge in [-0.25, -0.2) is 4.79 Å². The smallest absolute Gasteiger partial charge is 0.335 e. The van der Waals surface area contributed by atoms with E-state index in [1.807, 2.05) is 19.9 Å². The van der Waals surface area contributed by atoms with E-state index in [4.69, 9.17) is 16.2 Å². The summed E-state index contributed by atoms with van der Waals surface area (Å²) in [6.45, 7) is 11.7. The van der Waals surface area contributed by atoms with Gasteiger partial charge in [0.25, 0.3) is 0 Å². The molecule has 0 unspecified atom stereocenters. The van der Waals surface area contributed by atoms with Crippen molar-refractivity contribution in [1.29, 1.82) is 0 Å². The van der Waals surface area contributed by atoms with Crippen LogP contribution in [0.25, 0.3) is 0 Å². The number of nitrogens with two attached hydrogens (primary N) is 2. The van der Waals surface area contributed by atoms with E-state index in [1.54, 1.807) is 12.2 Å². The Morgan fingerprint density at radius 2 is 1.68 bits per heavy atom. The molecule has 4 saturated carbocycles. The molecule has 4 aliphatic carbocycles. The van der Waals surface area contributed by atoms with Gasteiger partial charge in [-0.3, -0.25) is 4.79 Å². The number of aliphatic carboxylic acids is 1. The molecule has 0 aliphatic heterocycles. The third kappa shape index (κ3) is 4.19. The predicted molar refractivity (Wildman–Crippen MR) is 145 cm³/mol. The molecule has 212 valence electrons. The van der Waals surface area contributed by atoms with Crippen LogP contribution in [0.5, 0.6) is 0 Å². The Hall–Kier alpha value is -2.00. The first-order valence-corrected chi connectivity index (χ1v) is 13.9. The molecule has 0 aromatic carbocycles. The molecule has 0 heterocycles. The molecule has 8 nitrogen and oxygen atoms in total. The fraction of sp³-hybridized carbons (Fsp3) is 0.733. The molecule has 0 saturated heterocycles. The van der Waals surface area contributed by atoms with Crippen LogP contribution in [-0.2, 0) is 14.3 Å². The molecule has 0 aromatic rings. The third-order valence-corrected chi connectivity index (χ3v) is 11.1. The molecule has 38 heavy (non-hydrogen) atoms. The van der Waals surface area contributed by atoms with Crippen LogP contribution < -0.4 is 11.5 Å². The molecule has 4 fully saturated rings. The van der Waals surface area contributed by atoms with Crippen molar-refractivity contribution in [2.24, 2.45) is 45.5 Å². The number of carbonyl (C=O) groups excluding carboxylic acids is 1. The van der Waals surface area contributed by atoms with Crippen LogP contribution in [0.2, 0.25) is 0 Å². The Morgan fingerprint density at radius 3 is 2.26 bits per heavy atom. The van der Waals surface area contributed by atoms with E-state index in [9.17, 15) is 24.9 Å². The molecular weight excluding hydrogens is 484 g/mol. The van der Waals surface area contributed by atoms with Crippen molar-refractivity contribution >= 4 is 11.9 Å². The molecule has 4 rings (SSSR count). The number of hydrogen-bond acceptors (Lipinski definition) is 7. The molecule has 11 atom stereocenters. The largest absolute Gasteiger partial charge is 0.478 e. The van der Waals surface area contributed by atoms with Gasteiger partial charge in [0.2, 0.25) is 0 Å². The molecule has 0 radical (unpaired) electrons. The lowest BCUT2D eigenvalue weighted by molar-refractivity contribution is -0.232. The van der Waals surface area contributed by atoms with Crippen molar-refractivity contribution in [3.8, 4) is 0 Å². The lowest BCUT2D eigenvalue weighted by atomic mass is 9.36. The van der Waals surface area contributed by atoms with Crippen LogP contribution >= 0.6 is 0 Å². The number of ether oxygens (including phenoxy) is 1. The van der Waals surface area contributed by atoms with Gasteiger partial charge in [-0.2, -0.15) is 0 Å². The summed E-state index contributed by atoms with van der Waals surface area (Å²) in [5.74, 6) is -2.05. The van der Waals surface area contributed by atoms with Crippen LogP contribution in [-0.4, -0.2) is 57.7 Å². The molecule has 4 aliphatic rings. The number of esters is 1. The van der Waals surface area contributed by atoms with Crippen molar-refractivity contribution < 1.29 is 29.6 Å². The molecule has 8 heteroatoms. The highest BCUT2D eigenvalue weighted by atomic mass is 16.5. The summed E-state index contributed by atoms with van der Waals surface area (Å²) in [5.41, 5.74) is 13.7. The van der Waals surface area contributed by atoms with Crippen molar-refractivity contribution in [2.75, 3.05) is 0 Å².